The molecule has 0 aromatic rings. The number of rotatable bonds is 2. The van der Waals surface area contributed by atoms with E-state index < -0.39 is 10.9 Å². The summed E-state index contributed by atoms with van der Waals surface area (Å²) in [4.78, 5) is 8.80. The largest absolute Gasteiger partial charge is 0.481 e. The predicted octanol–water partition coefficient (Wildman–Crippen LogP) is 0.734. The van der Waals surface area contributed by atoms with E-state index in [4.69, 9.17) is 10.2 Å². The number of hydrogen-bond acceptors (Lipinski definition) is 4. The monoisotopic (exact) mass is 131 g/mol. The van der Waals surface area contributed by atoms with E-state index in [-0.39, 0.29) is 0 Å². The molecule has 0 unspecified atom stereocenters. The Morgan fingerprint density at radius 1 is 1.56 bits per heavy atom. The minimum atomic E-state index is -0.951. The van der Waals surface area contributed by atoms with Crippen molar-refractivity contribution in [2.24, 2.45) is 0 Å². The van der Waals surface area contributed by atoms with E-state index >= 15 is 0 Å². The molecule has 0 spiro atoms. The highest BCUT2D eigenvalue weighted by molar-refractivity contribution is 4.98. The first-order valence-electron chi connectivity index (χ1n) is 2.03. The molecule has 0 aromatic carbocycles. The summed E-state index contributed by atoms with van der Waals surface area (Å²) in [6, 6.07) is 0. The molecule has 0 aliphatic carbocycles. The summed E-state index contributed by atoms with van der Waals surface area (Å²) in [5.41, 5.74) is 0. The third-order valence-electron chi connectivity index (χ3n) is 0.453. The van der Waals surface area contributed by atoms with Crippen molar-refractivity contribution >= 4 is 0 Å². The lowest BCUT2D eigenvalue weighted by molar-refractivity contribution is -0.402. The molecule has 0 fully saturated rings. The SMILES string of the molecule is O=[N+]([O-])C=CC=C(O)O. The lowest BCUT2D eigenvalue weighted by Crippen LogP contribution is -1.81. The van der Waals surface area contributed by atoms with E-state index in [1.54, 1.807) is 0 Å². The molecule has 0 heterocycles. The van der Waals surface area contributed by atoms with Gasteiger partial charge in [0.2, 0.25) is 6.20 Å². The highest BCUT2D eigenvalue weighted by Crippen LogP contribution is 1.81. The van der Waals surface area contributed by atoms with Crippen molar-refractivity contribution in [2.75, 3.05) is 0 Å². The Labute approximate surface area is 50.7 Å². The third-order valence-corrected chi connectivity index (χ3v) is 0.453. The summed E-state index contributed by atoms with van der Waals surface area (Å²) < 4.78 is 0. The van der Waals surface area contributed by atoms with Crippen LogP contribution in [0.3, 0.4) is 0 Å². The Hall–Kier alpha value is -1.52. The number of aliphatic hydroxyl groups is 2. The zero-order valence-corrected chi connectivity index (χ0v) is 4.39. The minimum Gasteiger partial charge on any atom is -0.481 e. The predicted molar refractivity (Wildman–Crippen MR) is 29.5 cm³/mol. The molecular weight excluding hydrogens is 126 g/mol. The van der Waals surface area contributed by atoms with Crippen LogP contribution in [-0.4, -0.2) is 15.1 Å². The summed E-state index contributed by atoms with van der Waals surface area (Å²) in [5, 5.41) is 25.5. The second kappa shape index (κ2) is 3.48. The second-order valence-electron chi connectivity index (χ2n) is 1.15. The molecule has 0 aliphatic rings. The smallest absolute Gasteiger partial charge is 0.274 e. The molecule has 0 saturated heterocycles. The molecule has 50 valence electrons. The van der Waals surface area contributed by atoms with Gasteiger partial charge in [-0.15, -0.1) is 0 Å². The molecule has 5 heteroatoms. The fourth-order valence-corrected chi connectivity index (χ4v) is 0.199. The zero-order valence-electron chi connectivity index (χ0n) is 4.39. The van der Waals surface area contributed by atoms with Crippen LogP contribution < -0.4 is 0 Å². The van der Waals surface area contributed by atoms with E-state index in [1.165, 1.54) is 0 Å². The average molecular weight is 131 g/mol. The van der Waals surface area contributed by atoms with Crippen LogP contribution in [0.4, 0.5) is 0 Å². The molecule has 0 radical (unpaired) electrons. The molecular formula is C4H5NO4. The molecule has 5 nitrogen and oxygen atoms in total. The van der Waals surface area contributed by atoms with Gasteiger partial charge in [-0.2, -0.15) is 0 Å². The van der Waals surface area contributed by atoms with Crippen molar-refractivity contribution in [2.45, 2.75) is 0 Å². The highest BCUT2D eigenvalue weighted by Gasteiger charge is 1.81. The number of hydrogen-bond donors (Lipinski definition) is 2. The fraction of sp³-hybridized carbons (Fsp3) is 0. The lowest BCUT2D eigenvalue weighted by Gasteiger charge is -1.78. The molecule has 0 rings (SSSR count). The Morgan fingerprint density at radius 3 is 2.44 bits per heavy atom. The van der Waals surface area contributed by atoms with Gasteiger partial charge >= 0.3 is 0 Å². The normalized spacial score (nSPS) is 9.33. The van der Waals surface area contributed by atoms with Crippen LogP contribution in [0.1, 0.15) is 0 Å². The molecule has 9 heavy (non-hydrogen) atoms. The van der Waals surface area contributed by atoms with Crippen LogP contribution in [0.5, 0.6) is 0 Å². The first kappa shape index (κ1) is 7.48. The van der Waals surface area contributed by atoms with Gasteiger partial charge in [0.1, 0.15) is 0 Å². The second-order valence-corrected chi connectivity index (χ2v) is 1.15. The lowest BCUT2D eigenvalue weighted by atomic mass is 10.6. The van der Waals surface area contributed by atoms with Crippen molar-refractivity contribution in [3.05, 3.63) is 34.4 Å². The van der Waals surface area contributed by atoms with Crippen LogP contribution in [0.25, 0.3) is 0 Å². The summed E-state index contributed by atoms with van der Waals surface area (Å²) in [7, 11) is 0. The maximum absolute atomic E-state index is 9.51. The Morgan fingerprint density at radius 2 is 2.11 bits per heavy atom. The topological polar surface area (TPSA) is 83.6 Å². The van der Waals surface area contributed by atoms with Crippen LogP contribution >= 0.6 is 0 Å². The molecule has 0 saturated carbocycles. The maximum Gasteiger partial charge on any atom is 0.274 e. The number of nitrogens with zero attached hydrogens (tertiary/aromatic N) is 1. The molecule has 0 amide bonds. The average Bonchev–Trinajstić information content (AvgIpc) is 1.63. The van der Waals surface area contributed by atoms with Gasteiger partial charge < -0.3 is 10.2 Å². The van der Waals surface area contributed by atoms with Gasteiger partial charge in [0.25, 0.3) is 5.95 Å². The summed E-state index contributed by atoms with van der Waals surface area (Å²) in [6.07, 6.45) is 2.30. The van der Waals surface area contributed by atoms with Crippen molar-refractivity contribution in [1.82, 2.24) is 0 Å². The number of allylic oxidation sites excluding steroid dienone is 2. The van der Waals surface area contributed by atoms with Crippen LogP contribution in [0, 0.1) is 10.1 Å². The number of nitro groups is 1. The number of aliphatic hydroxyl groups excluding tert-OH is 1. The van der Waals surface area contributed by atoms with Crippen LogP contribution in [-0.2, 0) is 0 Å². The molecule has 0 bridgehead atoms. The first-order valence-corrected chi connectivity index (χ1v) is 2.03. The van der Waals surface area contributed by atoms with E-state index in [1.807, 2.05) is 0 Å². The van der Waals surface area contributed by atoms with Crippen molar-refractivity contribution in [1.29, 1.82) is 0 Å². The minimum absolute atomic E-state index is 0.590. The van der Waals surface area contributed by atoms with E-state index in [9.17, 15) is 10.1 Å². The van der Waals surface area contributed by atoms with Gasteiger partial charge in [0.15, 0.2) is 0 Å². The van der Waals surface area contributed by atoms with Crippen LogP contribution in [0.2, 0.25) is 0 Å². The molecule has 0 atom stereocenters. The first-order chi connectivity index (χ1) is 4.13. The van der Waals surface area contributed by atoms with Gasteiger partial charge in [-0.1, -0.05) is 0 Å². The van der Waals surface area contributed by atoms with E-state index in [0.717, 1.165) is 12.2 Å². The molecule has 0 aromatic heterocycles. The molecule has 0 aliphatic heterocycles. The fourth-order valence-electron chi connectivity index (χ4n) is 0.199. The van der Waals surface area contributed by atoms with Crippen molar-refractivity contribution in [3.63, 3.8) is 0 Å². The standard InChI is InChI=1S/C4H5NO4/c6-4(7)2-1-3-5(8)9/h1-3,6-7H. The van der Waals surface area contributed by atoms with E-state index in [2.05, 4.69) is 0 Å². The van der Waals surface area contributed by atoms with Gasteiger partial charge in [-0.25, -0.2) is 0 Å². The Kier molecular flexibility index (Phi) is 2.89. The van der Waals surface area contributed by atoms with Gasteiger partial charge in [0.05, 0.1) is 4.92 Å². The zero-order chi connectivity index (χ0) is 7.28. The summed E-state index contributed by atoms with van der Waals surface area (Å²) >= 11 is 0. The summed E-state index contributed by atoms with van der Waals surface area (Å²) in [6.45, 7) is 0. The molecule has 2 N–H and O–H groups in total. The third kappa shape index (κ3) is 6.48. The van der Waals surface area contributed by atoms with Crippen molar-refractivity contribution < 1.29 is 15.1 Å². The highest BCUT2D eigenvalue weighted by atomic mass is 16.6. The summed E-state index contributed by atoms with van der Waals surface area (Å²) in [5.74, 6) is -0.951. The Bertz CT molecular complexity index is 156. The Balaban J connectivity index is 3.74. The van der Waals surface area contributed by atoms with Gasteiger partial charge in [-0.05, 0) is 0 Å². The van der Waals surface area contributed by atoms with Crippen LogP contribution in [0.15, 0.2) is 24.3 Å². The van der Waals surface area contributed by atoms with Crippen molar-refractivity contribution in [3.8, 4) is 0 Å². The quantitative estimate of drug-likeness (QED) is 0.250. The maximum atomic E-state index is 9.51. The van der Waals surface area contributed by atoms with E-state index in [0.29, 0.717) is 6.20 Å². The van der Waals surface area contributed by atoms with Gasteiger partial charge in [-0.3, -0.25) is 10.1 Å². The van der Waals surface area contributed by atoms with Gasteiger partial charge in [0, 0.05) is 12.2 Å².